The Morgan fingerprint density at radius 2 is 2.00 bits per heavy atom. The number of hydrogen-bond donors (Lipinski definition) is 5. The van der Waals surface area contributed by atoms with Crippen molar-refractivity contribution in [1.29, 1.82) is 5.41 Å². The van der Waals surface area contributed by atoms with Gasteiger partial charge in [0.2, 0.25) is 0 Å². The van der Waals surface area contributed by atoms with Crippen molar-refractivity contribution in [2.75, 3.05) is 18.5 Å². The molecule has 11 nitrogen and oxygen atoms in total. The van der Waals surface area contributed by atoms with E-state index in [1.165, 1.54) is 12.4 Å². The molecule has 0 aliphatic carbocycles. The number of amidine groups is 1. The summed E-state index contributed by atoms with van der Waals surface area (Å²) < 4.78 is 22.5. The summed E-state index contributed by atoms with van der Waals surface area (Å²) in [5.41, 5.74) is 7.08. The number of nitrogens with one attached hydrogen (secondary N) is 3. The monoisotopic (exact) mass is 506 g/mol. The highest BCUT2D eigenvalue weighted by Crippen LogP contribution is 2.32. The molecule has 37 heavy (non-hydrogen) atoms. The summed E-state index contributed by atoms with van der Waals surface area (Å²) in [6.07, 6.45) is 3.92. The molecule has 0 spiro atoms. The number of aliphatic hydroxyl groups is 1. The molecule has 192 valence electrons. The Morgan fingerprint density at radius 3 is 2.65 bits per heavy atom. The number of benzene rings is 2. The van der Waals surface area contributed by atoms with Crippen molar-refractivity contribution in [3.05, 3.63) is 93.7 Å². The summed E-state index contributed by atoms with van der Waals surface area (Å²) in [7, 11) is 0. The molecule has 4 rings (SSSR count). The van der Waals surface area contributed by atoms with Crippen LogP contribution in [0.2, 0.25) is 0 Å². The molecule has 0 amide bonds. The highest BCUT2D eigenvalue weighted by molar-refractivity contribution is 5.95. The molecule has 12 heteroatoms. The van der Waals surface area contributed by atoms with Crippen LogP contribution in [0.4, 0.5) is 10.1 Å². The lowest BCUT2D eigenvalue weighted by Crippen LogP contribution is -2.18. The topological polar surface area (TPSA) is 168 Å². The number of H-pyrrole nitrogens is 1. The lowest BCUT2D eigenvalue weighted by molar-refractivity contribution is 0.228. The number of aromatic amines is 1. The van der Waals surface area contributed by atoms with E-state index in [9.17, 15) is 4.79 Å². The molecule has 2 heterocycles. The fraction of sp³-hybridized carbons (Fsp3) is 0.240. The number of rotatable bonds is 11. The maximum atomic E-state index is 15.8. The van der Waals surface area contributed by atoms with Crippen LogP contribution in [0.5, 0.6) is 5.75 Å². The quantitative estimate of drug-likeness (QED) is 0.117. The Bertz CT molecular complexity index is 1420. The summed E-state index contributed by atoms with van der Waals surface area (Å²) in [4.78, 5) is 23.6. The van der Waals surface area contributed by atoms with Crippen LogP contribution in [0, 0.1) is 11.2 Å². The predicted octanol–water partition coefficient (Wildman–Crippen LogP) is 2.30. The smallest absolute Gasteiger partial charge is 0.350 e. The molecule has 0 fully saturated rings. The van der Waals surface area contributed by atoms with Gasteiger partial charge in [-0.25, -0.2) is 19.2 Å². The summed E-state index contributed by atoms with van der Waals surface area (Å²) in [5, 5.41) is 24.3. The maximum absolute atomic E-state index is 15.8. The second-order valence-electron chi connectivity index (χ2n) is 8.12. The van der Waals surface area contributed by atoms with Crippen molar-refractivity contribution in [3.8, 4) is 11.7 Å². The van der Waals surface area contributed by atoms with Gasteiger partial charge >= 0.3 is 5.69 Å². The number of aliphatic hydroxyl groups excluding tert-OH is 1. The van der Waals surface area contributed by atoms with Crippen LogP contribution in [0.25, 0.3) is 5.95 Å². The van der Waals surface area contributed by atoms with Gasteiger partial charge in [0.05, 0.1) is 6.61 Å². The molecule has 2 aromatic carbocycles. The van der Waals surface area contributed by atoms with Gasteiger partial charge in [-0.1, -0.05) is 13.0 Å². The molecule has 4 aromatic rings. The average molecular weight is 507 g/mol. The van der Waals surface area contributed by atoms with Crippen LogP contribution >= 0.6 is 0 Å². The molecular formula is C25H27FN8O3. The molecule has 0 aliphatic rings. The molecule has 1 atom stereocenters. The average Bonchev–Trinajstić information content (AvgIpc) is 3.30. The number of aryl methyl sites for hydroxylation is 1. The number of halogens is 1. The van der Waals surface area contributed by atoms with Crippen LogP contribution in [0.15, 0.2) is 59.7 Å². The Kier molecular flexibility index (Phi) is 7.89. The lowest BCUT2D eigenvalue weighted by atomic mass is 10.00. The molecular weight excluding hydrogens is 479 g/mol. The maximum Gasteiger partial charge on any atom is 0.350 e. The van der Waals surface area contributed by atoms with E-state index in [0.717, 1.165) is 10.2 Å². The lowest BCUT2D eigenvalue weighted by Gasteiger charge is -2.21. The normalized spacial score (nSPS) is 11.8. The third-order valence-corrected chi connectivity index (χ3v) is 5.56. The first kappa shape index (κ1) is 25.5. The Morgan fingerprint density at radius 1 is 1.27 bits per heavy atom. The van der Waals surface area contributed by atoms with Gasteiger partial charge in [0.1, 0.15) is 11.9 Å². The fourth-order valence-corrected chi connectivity index (χ4v) is 3.66. The standard InChI is InChI=1S/C25H27FN8O3/c1-2-15-13-18(20(26)19(14-15)37-12-4-11-35)21(31-17-7-5-16(6-8-17)22(27)28)23-32-25(36)34(33-23)24-29-9-3-10-30-24/h3,5-10,13-14,21,31,35H,2,4,11-12H2,1H3,(H3,27,28)(H,32,33,36)/t21-/m0/s1. The second-order valence-corrected chi connectivity index (χ2v) is 8.12. The number of nitrogen functional groups attached to an aromatic ring is 1. The molecule has 6 N–H and O–H groups in total. The van der Waals surface area contributed by atoms with E-state index in [2.05, 4.69) is 25.4 Å². The molecule has 0 aliphatic heterocycles. The molecule has 0 saturated heterocycles. The minimum Gasteiger partial charge on any atom is -0.490 e. The van der Waals surface area contributed by atoms with Crippen LogP contribution in [0.3, 0.4) is 0 Å². The summed E-state index contributed by atoms with van der Waals surface area (Å²) in [5.74, 6) is -0.480. The third kappa shape index (κ3) is 5.81. The number of aromatic nitrogens is 5. The van der Waals surface area contributed by atoms with E-state index in [4.69, 9.17) is 21.0 Å². The minimum absolute atomic E-state index is 0.0368. The van der Waals surface area contributed by atoms with Gasteiger partial charge in [0.15, 0.2) is 17.4 Å². The van der Waals surface area contributed by atoms with Gasteiger partial charge in [-0.2, -0.15) is 0 Å². The molecule has 0 bridgehead atoms. The van der Waals surface area contributed by atoms with E-state index in [-0.39, 0.29) is 42.1 Å². The van der Waals surface area contributed by atoms with Crippen molar-refractivity contribution < 1.29 is 14.2 Å². The van der Waals surface area contributed by atoms with E-state index in [0.29, 0.717) is 24.1 Å². The number of nitrogens with two attached hydrogens (primary N) is 1. The largest absolute Gasteiger partial charge is 0.490 e. The third-order valence-electron chi connectivity index (χ3n) is 5.56. The van der Waals surface area contributed by atoms with Crippen molar-refractivity contribution in [2.24, 2.45) is 5.73 Å². The van der Waals surface area contributed by atoms with Crippen molar-refractivity contribution in [2.45, 2.75) is 25.8 Å². The highest BCUT2D eigenvalue weighted by atomic mass is 19.1. The number of anilines is 1. The van der Waals surface area contributed by atoms with Crippen LogP contribution < -0.4 is 21.5 Å². The SMILES string of the molecule is CCc1cc(OCCCO)c(F)c([C@H](Nc2ccc(C(=N)N)cc2)c2nn(-c3ncccn3)c(=O)[nH]2)c1. The fourth-order valence-electron chi connectivity index (χ4n) is 3.66. The van der Waals surface area contributed by atoms with E-state index < -0.39 is 17.5 Å². The highest BCUT2D eigenvalue weighted by Gasteiger charge is 2.26. The summed E-state index contributed by atoms with van der Waals surface area (Å²) in [6.45, 7) is 1.99. The zero-order valence-corrected chi connectivity index (χ0v) is 20.1. The van der Waals surface area contributed by atoms with Gasteiger partial charge < -0.3 is 20.9 Å². The zero-order valence-electron chi connectivity index (χ0n) is 20.1. The van der Waals surface area contributed by atoms with Crippen LogP contribution in [-0.2, 0) is 6.42 Å². The van der Waals surface area contributed by atoms with Crippen LogP contribution in [0.1, 0.15) is 41.9 Å². The number of nitrogens with zero attached hydrogens (tertiary/aromatic N) is 4. The predicted molar refractivity (Wildman–Crippen MR) is 136 cm³/mol. The Labute approximate surface area is 211 Å². The minimum atomic E-state index is -0.937. The molecule has 0 saturated carbocycles. The Hall–Kier alpha value is -4.58. The summed E-state index contributed by atoms with van der Waals surface area (Å²) in [6, 6.07) is 10.7. The first-order valence-corrected chi connectivity index (χ1v) is 11.6. The van der Waals surface area contributed by atoms with E-state index >= 15 is 4.39 Å². The molecule has 0 unspecified atom stereocenters. The van der Waals surface area contributed by atoms with Crippen molar-refractivity contribution in [3.63, 3.8) is 0 Å². The Balaban J connectivity index is 1.82. The van der Waals surface area contributed by atoms with Crippen molar-refractivity contribution >= 4 is 11.5 Å². The first-order chi connectivity index (χ1) is 17.9. The van der Waals surface area contributed by atoms with Gasteiger partial charge in [-0.05, 0) is 48.4 Å². The van der Waals surface area contributed by atoms with E-state index in [1.54, 1.807) is 42.5 Å². The van der Waals surface area contributed by atoms with Crippen LogP contribution in [-0.4, -0.2) is 48.9 Å². The first-order valence-electron chi connectivity index (χ1n) is 11.6. The number of ether oxygens (including phenoxy) is 1. The van der Waals surface area contributed by atoms with Crippen molar-refractivity contribution in [1.82, 2.24) is 24.7 Å². The molecule has 2 aromatic heterocycles. The van der Waals surface area contributed by atoms with Gasteiger partial charge in [-0.3, -0.25) is 10.4 Å². The van der Waals surface area contributed by atoms with E-state index in [1.807, 2.05) is 6.92 Å². The molecule has 0 radical (unpaired) electrons. The van der Waals surface area contributed by atoms with Gasteiger partial charge in [-0.15, -0.1) is 9.78 Å². The van der Waals surface area contributed by atoms with Gasteiger partial charge in [0.25, 0.3) is 5.95 Å². The summed E-state index contributed by atoms with van der Waals surface area (Å²) >= 11 is 0. The van der Waals surface area contributed by atoms with Gasteiger partial charge in [0, 0.05) is 42.2 Å². The number of hydrogen-bond acceptors (Lipinski definition) is 8. The zero-order chi connectivity index (χ0) is 26.4. The second kappa shape index (κ2) is 11.4.